The van der Waals surface area contributed by atoms with Gasteiger partial charge in [0.2, 0.25) is 0 Å². The average Bonchev–Trinajstić information content (AvgIpc) is 2.74. The Balaban J connectivity index is 2.09. The molecule has 0 aromatic heterocycles. The van der Waals surface area contributed by atoms with Gasteiger partial charge in [0.1, 0.15) is 11.9 Å². The van der Waals surface area contributed by atoms with Crippen molar-refractivity contribution in [3.8, 4) is 5.75 Å². The average molecular weight is 234 g/mol. The third-order valence-electron chi connectivity index (χ3n) is 3.71. The van der Waals surface area contributed by atoms with Gasteiger partial charge in [0.25, 0.3) is 0 Å². The molecular weight excluding hydrogens is 212 g/mol. The fraction of sp³-hybridized carbons (Fsp3) is 0.600. The first kappa shape index (κ1) is 12.4. The molecule has 3 atom stereocenters. The van der Waals surface area contributed by atoms with Gasteiger partial charge in [0.05, 0.1) is 6.10 Å². The fourth-order valence-electron chi connectivity index (χ4n) is 2.42. The van der Waals surface area contributed by atoms with Gasteiger partial charge < -0.3 is 9.84 Å². The lowest BCUT2D eigenvalue weighted by molar-refractivity contribution is 0.149. The van der Waals surface area contributed by atoms with Crippen LogP contribution in [0.25, 0.3) is 0 Å². The molecule has 0 amide bonds. The molecule has 94 valence electrons. The molecule has 0 saturated heterocycles. The van der Waals surface area contributed by atoms with E-state index in [-0.39, 0.29) is 12.2 Å². The van der Waals surface area contributed by atoms with Crippen LogP contribution in [0.1, 0.15) is 51.0 Å². The molecule has 3 unspecified atom stereocenters. The molecule has 1 fully saturated rings. The van der Waals surface area contributed by atoms with Gasteiger partial charge in [-0.2, -0.15) is 0 Å². The number of benzene rings is 1. The number of aliphatic hydroxyl groups is 1. The standard InChI is InChI=1S/C15H22O2/c1-3-11(2)14-6-4-5-7-15(14)17-13-9-8-12(16)10-13/h4-7,11-13,16H,3,8-10H2,1-2H3. The van der Waals surface area contributed by atoms with E-state index in [0.29, 0.717) is 5.92 Å². The summed E-state index contributed by atoms with van der Waals surface area (Å²) in [6.07, 6.45) is 3.75. The number of aliphatic hydroxyl groups excluding tert-OH is 1. The van der Waals surface area contributed by atoms with E-state index < -0.39 is 0 Å². The predicted octanol–water partition coefficient (Wildman–Crippen LogP) is 3.49. The monoisotopic (exact) mass is 234 g/mol. The first-order chi connectivity index (χ1) is 8.20. The molecule has 0 bridgehead atoms. The van der Waals surface area contributed by atoms with Crippen LogP contribution < -0.4 is 4.74 Å². The number of para-hydroxylation sites is 1. The number of hydrogen-bond donors (Lipinski definition) is 1. The number of hydrogen-bond acceptors (Lipinski definition) is 2. The summed E-state index contributed by atoms with van der Waals surface area (Å²) in [5, 5.41) is 9.52. The van der Waals surface area contributed by atoms with Crippen LogP contribution in [0.4, 0.5) is 0 Å². The molecule has 1 saturated carbocycles. The van der Waals surface area contributed by atoms with Crippen LogP contribution in [0.15, 0.2) is 24.3 Å². The Morgan fingerprint density at radius 2 is 2.12 bits per heavy atom. The van der Waals surface area contributed by atoms with Gasteiger partial charge in [0.15, 0.2) is 0 Å². The van der Waals surface area contributed by atoms with Gasteiger partial charge in [-0.1, -0.05) is 32.0 Å². The molecule has 1 N–H and O–H groups in total. The SMILES string of the molecule is CCC(C)c1ccccc1OC1CCC(O)C1. The molecule has 2 heteroatoms. The maximum Gasteiger partial charge on any atom is 0.123 e. The second kappa shape index (κ2) is 5.54. The summed E-state index contributed by atoms with van der Waals surface area (Å²) >= 11 is 0. The normalized spacial score (nSPS) is 25.8. The summed E-state index contributed by atoms with van der Waals surface area (Å²) in [6.45, 7) is 4.42. The molecule has 1 aliphatic carbocycles. The van der Waals surface area contributed by atoms with Crippen molar-refractivity contribution in [2.45, 2.75) is 57.7 Å². The minimum Gasteiger partial charge on any atom is -0.490 e. The second-order valence-electron chi connectivity index (χ2n) is 5.05. The van der Waals surface area contributed by atoms with Crippen molar-refractivity contribution in [1.29, 1.82) is 0 Å². The highest BCUT2D eigenvalue weighted by atomic mass is 16.5. The quantitative estimate of drug-likeness (QED) is 0.864. The largest absolute Gasteiger partial charge is 0.490 e. The van der Waals surface area contributed by atoms with Crippen molar-refractivity contribution in [1.82, 2.24) is 0 Å². The highest BCUT2D eigenvalue weighted by Gasteiger charge is 2.25. The minimum atomic E-state index is -0.171. The maximum absolute atomic E-state index is 9.52. The Hall–Kier alpha value is -1.02. The van der Waals surface area contributed by atoms with E-state index in [1.54, 1.807) is 0 Å². The van der Waals surface area contributed by atoms with Crippen molar-refractivity contribution in [3.05, 3.63) is 29.8 Å². The zero-order chi connectivity index (χ0) is 12.3. The van der Waals surface area contributed by atoms with Crippen LogP contribution in [0.3, 0.4) is 0 Å². The Labute approximate surface area is 104 Å². The molecule has 2 rings (SSSR count). The molecular formula is C15H22O2. The summed E-state index contributed by atoms with van der Waals surface area (Å²) in [5.41, 5.74) is 1.29. The van der Waals surface area contributed by atoms with Crippen LogP contribution in [0.5, 0.6) is 5.75 Å². The lowest BCUT2D eigenvalue weighted by Gasteiger charge is -2.19. The van der Waals surface area contributed by atoms with E-state index in [4.69, 9.17) is 4.74 Å². The number of rotatable bonds is 4. The molecule has 1 aromatic rings. The van der Waals surface area contributed by atoms with E-state index in [0.717, 1.165) is 31.4 Å². The Morgan fingerprint density at radius 3 is 2.76 bits per heavy atom. The van der Waals surface area contributed by atoms with Crippen molar-refractivity contribution < 1.29 is 9.84 Å². The van der Waals surface area contributed by atoms with E-state index >= 15 is 0 Å². The molecule has 0 heterocycles. The van der Waals surface area contributed by atoms with Crippen LogP contribution in [0.2, 0.25) is 0 Å². The smallest absolute Gasteiger partial charge is 0.123 e. The lowest BCUT2D eigenvalue weighted by atomic mass is 9.98. The summed E-state index contributed by atoms with van der Waals surface area (Å²) in [6, 6.07) is 8.28. The Kier molecular flexibility index (Phi) is 4.06. The molecule has 0 spiro atoms. The van der Waals surface area contributed by atoms with Crippen molar-refractivity contribution in [3.63, 3.8) is 0 Å². The van der Waals surface area contributed by atoms with E-state index in [9.17, 15) is 5.11 Å². The highest BCUT2D eigenvalue weighted by molar-refractivity contribution is 5.36. The van der Waals surface area contributed by atoms with Crippen LogP contribution >= 0.6 is 0 Å². The van der Waals surface area contributed by atoms with Gasteiger partial charge in [-0.15, -0.1) is 0 Å². The molecule has 1 aromatic carbocycles. The Morgan fingerprint density at radius 1 is 1.35 bits per heavy atom. The van der Waals surface area contributed by atoms with Gasteiger partial charge in [-0.05, 0) is 36.8 Å². The summed E-state index contributed by atoms with van der Waals surface area (Å²) < 4.78 is 6.04. The van der Waals surface area contributed by atoms with Gasteiger partial charge >= 0.3 is 0 Å². The summed E-state index contributed by atoms with van der Waals surface area (Å²) in [4.78, 5) is 0. The zero-order valence-corrected chi connectivity index (χ0v) is 10.7. The zero-order valence-electron chi connectivity index (χ0n) is 10.7. The third kappa shape index (κ3) is 3.01. The van der Waals surface area contributed by atoms with Crippen LogP contribution in [0, 0.1) is 0 Å². The number of ether oxygens (including phenoxy) is 1. The first-order valence-electron chi connectivity index (χ1n) is 6.64. The van der Waals surface area contributed by atoms with Gasteiger partial charge in [-0.3, -0.25) is 0 Å². The molecule has 0 radical (unpaired) electrons. The molecule has 2 nitrogen and oxygen atoms in total. The summed E-state index contributed by atoms with van der Waals surface area (Å²) in [5.74, 6) is 1.53. The summed E-state index contributed by atoms with van der Waals surface area (Å²) in [7, 11) is 0. The van der Waals surface area contributed by atoms with Crippen molar-refractivity contribution in [2.24, 2.45) is 0 Å². The Bertz CT molecular complexity index is 362. The minimum absolute atomic E-state index is 0.171. The molecule has 17 heavy (non-hydrogen) atoms. The van der Waals surface area contributed by atoms with E-state index in [1.807, 2.05) is 12.1 Å². The third-order valence-corrected chi connectivity index (χ3v) is 3.71. The lowest BCUT2D eigenvalue weighted by Crippen LogP contribution is -2.14. The fourth-order valence-corrected chi connectivity index (χ4v) is 2.42. The van der Waals surface area contributed by atoms with Crippen molar-refractivity contribution >= 4 is 0 Å². The highest BCUT2D eigenvalue weighted by Crippen LogP contribution is 2.32. The van der Waals surface area contributed by atoms with E-state index in [1.165, 1.54) is 5.56 Å². The second-order valence-corrected chi connectivity index (χ2v) is 5.05. The van der Waals surface area contributed by atoms with Gasteiger partial charge in [-0.25, -0.2) is 0 Å². The predicted molar refractivity (Wildman–Crippen MR) is 69.4 cm³/mol. The maximum atomic E-state index is 9.52. The topological polar surface area (TPSA) is 29.5 Å². The molecule has 0 aliphatic heterocycles. The molecule has 1 aliphatic rings. The van der Waals surface area contributed by atoms with Crippen LogP contribution in [-0.4, -0.2) is 17.3 Å². The van der Waals surface area contributed by atoms with Crippen molar-refractivity contribution in [2.75, 3.05) is 0 Å². The van der Waals surface area contributed by atoms with E-state index in [2.05, 4.69) is 26.0 Å². The first-order valence-corrected chi connectivity index (χ1v) is 6.64. The van der Waals surface area contributed by atoms with Crippen LogP contribution in [-0.2, 0) is 0 Å². The van der Waals surface area contributed by atoms with Gasteiger partial charge in [0, 0.05) is 6.42 Å².